The minimum Gasteiger partial charge on any atom is -0.310 e. The molecule has 0 saturated carbocycles. The lowest BCUT2D eigenvalue weighted by molar-refractivity contribution is 0.590. The van der Waals surface area contributed by atoms with Crippen molar-refractivity contribution < 1.29 is 0 Å². The van der Waals surface area contributed by atoms with Gasteiger partial charge in [-0.15, -0.1) is 11.3 Å². The van der Waals surface area contributed by atoms with E-state index in [2.05, 4.69) is 220 Å². The predicted octanol–water partition coefficient (Wildman–Crippen LogP) is 16.8. The van der Waals surface area contributed by atoms with Gasteiger partial charge in [0, 0.05) is 37.2 Å². The van der Waals surface area contributed by atoms with E-state index in [4.69, 9.17) is 0 Å². The Morgan fingerprint density at radius 3 is 1.40 bits per heavy atom. The molecule has 0 aliphatic heterocycles. The van der Waals surface area contributed by atoms with Crippen LogP contribution in [0, 0.1) is 0 Å². The molecule has 0 unspecified atom stereocenters. The standard InChI is InChI=1S/C56H41NS/c1-56(2,3)41-24-28-43(29-25-41)57(42-26-21-39(22-27-42)38-19-17-37(18-20-38)36-11-5-4-6-12-36)44-30-32-45-40(33-44)23-31-50-53-34-51-48-15-9-7-13-46(48)47-14-8-10-16-49(47)52(51)35-54(53)58-55(45)50/h4-35H,1-3H3. The highest BCUT2D eigenvalue weighted by Gasteiger charge is 2.19. The van der Waals surface area contributed by atoms with Crippen LogP contribution in [0.5, 0.6) is 0 Å². The minimum absolute atomic E-state index is 0.0751. The summed E-state index contributed by atoms with van der Waals surface area (Å²) in [6.45, 7) is 6.82. The molecule has 0 aliphatic rings. The first-order valence-corrected chi connectivity index (χ1v) is 21.0. The summed E-state index contributed by atoms with van der Waals surface area (Å²) in [6, 6.07) is 71.9. The molecular weight excluding hydrogens is 719 g/mol. The van der Waals surface area contributed by atoms with Crippen LogP contribution in [0.2, 0.25) is 0 Å². The molecule has 0 spiro atoms. The number of anilines is 3. The van der Waals surface area contributed by atoms with Crippen LogP contribution < -0.4 is 4.90 Å². The van der Waals surface area contributed by atoms with E-state index in [9.17, 15) is 0 Å². The normalized spacial score (nSPS) is 12.1. The Balaban J connectivity index is 1.02. The van der Waals surface area contributed by atoms with Crippen molar-refractivity contribution >= 4 is 91.7 Å². The van der Waals surface area contributed by atoms with Crippen molar-refractivity contribution in [3.05, 3.63) is 200 Å². The Bertz CT molecular complexity index is 3330. The lowest BCUT2D eigenvalue weighted by Crippen LogP contribution is -2.13. The Morgan fingerprint density at radius 2 is 0.810 bits per heavy atom. The number of nitrogens with zero attached hydrogens (tertiary/aromatic N) is 1. The third-order valence-corrected chi connectivity index (χ3v) is 13.2. The molecule has 0 fully saturated rings. The summed E-state index contributed by atoms with van der Waals surface area (Å²) in [4.78, 5) is 2.40. The molecule has 0 saturated heterocycles. The molecule has 58 heavy (non-hydrogen) atoms. The molecule has 10 aromatic carbocycles. The van der Waals surface area contributed by atoms with Gasteiger partial charge in [-0.2, -0.15) is 0 Å². The fourth-order valence-corrected chi connectivity index (χ4v) is 10.2. The molecule has 1 heterocycles. The summed E-state index contributed by atoms with van der Waals surface area (Å²) in [6.07, 6.45) is 0. The second-order valence-corrected chi connectivity index (χ2v) is 17.6. The lowest BCUT2D eigenvalue weighted by atomic mass is 9.87. The molecule has 0 radical (unpaired) electrons. The smallest absolute Gasteiger partial charge is 0.0468 e. The largest absolute Gasteiger partial charge is 0.310 e. The summed E-state index contributed by atoms with van der Waals surface area (Å²) >= 11 is 1.92. The van der Waals surface area contributed by atoms with Gasteiger partial charge in [-0.3, -0.25) is 0 Å². The summed E-state index contributed by atoms with van der Waals surface area (Å²) in [7, 11) is 0. The van der Waals surface area contributed by atoms with Crippen molar-refractivity contribution in [1.82, 2.24) is 0 Å². The van der Waals surface area contributed by atoms with Crippen LogP contribution in [0.1, 0.15) is 26.3 Å². The SMILES string of the molecule is CC(C)(C)c1ccc(N(c2ccc(-c3ccc(-c4ccccc4)cc3)cc2)c2ccc3c(ccc4c5cc6c7ccccc7c7ccccc7c6cc5sc34)c2)cc1. The van der Waals surface area contributed by atoms with Gasteiger partial charge in [-0.05, 0) is 125 Å². The van der Waals surface area contributed by atoms with Crippen molar-refractivity contribution in [1.29, 1.82) is 0 Å². The van der Waals surface area contributed by atoms with E-state index in [0.717, 1.165) is 17.1 Å². The van der Waals surface area contributed by atoms with Gasteiger partial charge in [0.15, 0.2) is 0 Å². The van der Waals surface area contributed by atoms with Crippen LogP contribution in [0.25, 0.3) is 85.5 Å². The Kier molecular flexibility index (Phi) is 8.00. The number of thiophene rings is 1. The summed E-state index contributed by atoms with van der Waals surface area (Å²) in [5.41, 5.74) is 9.67. The molecule has 1 nitrogen and oxygen atoms in total. The zero-order valence-corrected chi connectivity index (χ0v) is 33.6. The van der Waals surface area contributed by atoms with Gasteiger partial charge < -0.3 is 4.90 Å². The Morgan fingerprint density at radius 1 is 0.345 bits per heavy atom. The predicted molar refractivity (Wildman–Crippen MR) is 254 cm³/mol. The topological polar surface area (TPSA) is 3.24 Å². The maximum absolute atomic E-state index is 2.45. The van der Waals surface area contributed by atoms with E-state index < -0.39 is 0 Å². The van der Waals surface area contributed by atoms with E-state index in [1.165, 1.54) is 91.1 Å². The highest BCUT2D eigenvalue weighted by Crippen LogP contribution is 2.45. The lowest BCUT2D eigenvalue weighted by Gasteiger charge is -2.27. The maximum atomic E-state index is 2.45. The summed E-state index contributed by atoms with van der Waals surface area (Å²) in [5.74, 6) is 0. The van der Waals surface area contributed by atoms with Crippen LogP contribution in [0.4, 0.5) is 17.1 Å². The minimum atomic E-state index is 0.0751. The van der Waals surface area contributed by atoms with E-state index in [0.29, 0.717) is 0 Å². The van der Waals surface area contributed by atoms with Crippen LogP contribution in [-0.2, 0) is 5.41 Å². The van der Waals surface area contributed by atoms with E-state index >= 15 is 0 Å². The fraction of sp³-hybridized carbons (Fsp3) is 0.0714. The second-order valence-electron chi connectivity index (χ2n) is 16.6. The van der Waals surface area contributed by atoms with Gasteiger partial charge in [-0.25, -0.2) is 0 Å². The molecule has 11 aromatic rings. The average Bonchev–Trinajstić information content (AvgIpc) is 3.64. The number of rotatable bonds is 5. The van der Waals surface area contributed by atoms with Crippen molar-refractivity contribution in [2.75, 3.05) is 4.90 Å². The summed E-state index contributed by atoms with van der Waals surface area (Å²) < 4.78 is 2.67. The number of fused-ring (bicyclic) bond motifs is 11. The van der Waals surface area contributed by atoms with Crippen molar-refractivity contribution in [2.45, 2.75) is 26.2 Å². The molecular formula is C56H41NS. The Labute approximate surface area is 343 Å². The van der Waals surface area contributed by atoms with Gasteiger partial charge in [0.25, 0.3) is 0 Å². The van der Waals surface area contributed by atoms with Crippen molar-refractivity contribution in [3.8, 4) is 22.3 Å². The zero-order chi connectivity index (χ0) is 39.0. The van der Waals surface area contributed by atoms with Crippen LogP contribution in [0.15, 0.2) is 194 Å². The van der Waals surface area contributed by atoms with E-state index in [1.807, 2.05) is 11.3 Å². The maximum Gasteiger partial charge on any atom is 0.0468 e. The molecule has 11 rings (SSSR count). The molecule has 0 N–H and O–H groups in total. The van der Waals surface area contributed by atoms with Gasteiger partial charge in [-0.1, -0.05) is 166 Å². The third-order valence-electron chi connectivity index (χ3n) is 12.0. The highest BCUT2D eigenvalue weighted by atomic mass is 32.1. The van der Waals surface area contributed by atoms with Crippen LogP contribution >= 0.6 is 11.3 Å². The average molecular weight is 760 g/mol. The first-order valence-electron chi connectivity index (χ1n) is 20.2. The van der Waals surface area contributed by atoms with Crippen molar-refractivity contribution in [3.63, 3.8) is 0 Å². The molecule has 0 atom stereocenters. The highest BCUT2D eigenvalue weighted by molar-refractivity contribution is 7.26. The summed E-state index contributed by atoms with van der Waals surface area (Å²) in [5, 5.41) is 13.1. The van der Waals surface area contributed by atoms with E-state index in [1.54, 1.807) is 0 Å². The second kappa shape index (κ2) is 13.4. The van der Waals surface area contributed by atoms with Gasteiger partial charge >= 0.3 is 0 Å². The number of hydrogen-bond donors (Lipinski definition) is 0. The molecule has 276 valence electrons. The molecule has 2 heteroatoms. The Hall–Kier alpha value is -6.74. The van der Waals surface area contributed by atoms with Gasteiger partial charge in [0.05, 0.1) is 0 Å². The number of benzene rings is 10. The molecule has 0 bridgehead atoms. The van der Waals surface area contributed by atoms with Crippen LogP contribution in [0.3, 0.4) is 0 Å². The van der Waals surface area contributed by atoms with Gasteiger partial charge in [0.1, 0.15) is 0 Å². The molecule has 0 amide bonds. The monoisotopic (exact) mass is 759 g/mol. The number of hydrogen-bond acceptors (Lipinski definition) is 2. The quantitative estimate of drug-likeness (QED) is 0.158. The van der Waals surface area contributed by atoms with Crippen molar-refractivity contribution in [2.24, 2.45) is 0 Å². The fourth-order valence-electron chi connectivity index (χ4n) is 8.93. The van der Waals surface area contributed by atoms with E-state index in [-0.39, 0.29) is 5.41 Å². The first kappa shape index (κ1) is 34.5. The van der Waals surface area contributed by atoms with Gasteiger partial charge in [0.2, 0.25) is 0 Å². The first-order chi connectivity index (χ1) is 28.4. The van der Waals surface area contributed by atoms with Crippen LogP contribution in [-0.4, -0.2) is 0 Å². The molecule has 1 aromatic heterocycles. The zero-order valence-electron chi connectivity index (χ0n) is 32.8. The molecule has 0 aliphatic carbocycles. The third kappa shape index (κ3) is 5.75.